The smallest absolute Gasteiger partial charge is 0.338 e. The van der Waals surface area contributed by atoms with Crippen LogP contribution in [0.2, 0.25) is 0 Å². The maximum Gasteiger partial charge on any atom is 0.338 e. The fourth-order valence-corrected chi connectivity index (χ4v) is 4.68. The van der Waals surface area contributed by atoms with Gasteiger partial charge in [0.2, 0.25) is 5.91 Å². The molecule has 0 bridgehead atoms. The molecule has 2 rings (SSSR count). The molecule has 0 unspecified atom stereocenters. The number of hydrogen-bond donors (Lipinski definition) is 4. The highest BCUT2D eigenvalue weighted by molar-refractivity contribution is 5.80. The van der Waals surface area contributed by atoms with Crippen LogP contribution in [0.15, 0.2) is 30.3 Å². The first kappa shape index (κ1) is 28.7. The van der Waals surface area contributed by atoms with E-state index in [2.05, 4.69) is 5.32 Å². The van der Waals surface area contributed by atoms with Crippen molar-refractivity contribution in [1.82, 2.24) is 5.32 Å². The van der Waals surface area contributed by atoms with Crippen molar-refractivity contribution in [3.05, 3.63) is 35.9 Å². The second-order valence-corrected chi connectivity index (χ2v) is 8.85. The lowest BCUT2D eigenvalue weighted by Crippen LogP contribution is -2.65. The number of esters is 2. The summed E-state index contributed by atoms with van der Waals surface area (Å²) in [4.78, 5) is 37.5. The van der Waals surface area contributed by atoms with Crippen molar-refractivity contribution in [2.75, 3.05) is 20.3 Å². The quantitative estimate of drug-likeness (QED) is 0.304. The number of rotatable bonds is 12. The zero-order valence-electron chi connectivity index (χ0n) is 20.5. The number of carbonyl (C=O) groups is 3. The average molecular weight is 496 g/mol. The molecule has 0 saturated carbocycles. The lowest BCUT2D eigenvalue weighted by Gasteiger charge is -2.49. The molecule has 6 atom stereocenters. The van der Waals surface area contributed by atoms with Crippen molar-refractivity contribution < 1.29 is 43.9 Å². The number of hydrogen-bond acceptors (Lipinski definition) is 9. The molecule has 0 radical (unpaired) electrons. The minimum Gasteiger partial charge on any atom is -0.467 e. The van der Waals surface area contributed by atoms with Gasteiger partial charge in [-0.2, -0.15) is 0 Å². The number of aliphatic hydroxyl groups excluding tert-OH is 3. The maximum atomic E-state index is 13.1. The summed E-state index contributed by atoms with van der Waals surface area (Å²) < 4.78 is 16.3. The Morgan fingerprint density at radius 3 is 2.49 bits per heavy atom. The predicted octanol–water partition coefficient (Wildman–Crippen LogP) is 0.498. The van der Waals surface area contributed by atoms with Crippen LogP contribution < -0.4 is 5.32 Å². The van der Waals surface area contributed by atoms with Gasteiger partial charge in [0.25, 0.3) is 0 Å². The molecule has 1 aliphatic heterocycles. The first-order chi connectivity index (χ1) is 16.7. The topological polar surface area (TPSA) is 152 Å². The highest BCUT2D eigenvalue weighted by Crippen LogP contribution is 2.41. The van der Waals surface area contributed by atoms with Crippen LogP contribution in [0.4, 0.5) is 0 Å². The van der Waals surface area contributed by atoms with Gasteiger partial charge in [0, 0.05) is 6.92 Å². The van der Waals surface area contributed by atoms with Crippen LogP contribution >= 0.6 is 0 Å². The first-order valence-corrected chi connectivity index (χ1v) is 11.9. The minimum atomic E-state index is -1.65. The normalized spacial score (nSPS) is 25.8. The highest BCUT2D eigenvalue weighted by Gasteiger charge is 2.55. The molecular formula is C25H37NO9. The van der Waals surface area contributed by atoms with E-state index in [1.54, 1.807) is 6.92 Å². The third-order valence-electron chi connectivity index (χ3n) is 6.28. The zero-order chi connectivity index (χ0) is 26.0. The SMILES string of the molecule is CCOC(=O)C[C@H]1C[C@](CCCc2ccccc2)(C(=O)OC)O[C@@H]([C@H](O)[C@H](O)CO)[C@@H]1NC(C)=O. The number of amides is 1. The number of ether oxygens (including phenoxy) is 3. The van der Waals surface area contributed by atoms with Gasteiger partial charge in [-0.15, -0.1) is 0 Å². The van der Waals surface area contributed by atoms with Crippen molar-refractivity contribution in [2.24, 2.45) is 5.92 Å². The molecule has 1 aromatic rings. The van der Waals surface area contributed by atoms with Gasteiger partial charge in [-0.3, -0.25) is 9.59 Å². The Bertz CT molecular complexity index is 833. The Labute approximate surface area is 205 Å². The van der Waals surface area contributed by atoms with E-state index in [0.717, 1.165) is 5.56 Å². The third kappa shape index (κ3) is 7.73. The minimum absolute atomic E-state index is 0.0245. The van der Waals surface area contributed by atoms with Crippen molar-refractivity contribution in [3.8, 4) is 0 Å². The largest absolute Gasteiger partial charge is 0.467 e. The second-order valence-electron chi connectivity index (χ2n) is 8.85. The van der Waals surface area contributed by atoms with Crippen LogP contribution in [0.1, 0.15) is 45.1 Å². The van der Waals surface area contributed by atoms with Crippen molar-refractivity contribution in [1.29, 1.82) is 0 Å². The Kier molecular flexibility index (Phi) is 11.1. The molecule has 1 heterocycles. The van der Waals surface area contributed by atoms with Crippen LogP contribution in [0.25, 0.3) is 0 Å². The molecule has 1 aliphatic rings. The standard InChI is InChI=1S/C25H37NO9/c1-4-34-20(30)13-18-14-25(24(32)33-3,12-8-11-17-9-6-5-7-10-17)35-23(21(18)26-16(2)28)22(31)19(29)15-27/h5-7,9-10,18-19,21-23,27,29,31H,4,8,11-15H2,1-3H3,(H,26,28)/t18-,19+,21+,22+,23+,25+/m0/s1. The first-order valence-electron chi connectivity index (χ1n) is 11.9. The molecule has 0 spiro atoms. The Balaban J connectivity index is 2.43. The van der Waals surface area contributed by atoms with Gasteiger partial charge in [0.1, 0.15) is 18.3 Å². The molecule has 1 saturated heterocycles. The molecule has 0 aliphatic carbocycles. The van der Waals surface area contributed by atoms with Crippen LogP contribution in [0.3, 0.4) is 0 Å². The molecule has 1 fully saturated rings. The van der Waals surface area contributed by atoms with Crippen LogP contribution in [-0.4, -0.2) is 83.4 Å². The molecule has 10 nitrogen and oxygen atoms in total. The predicted molar refractivity (Wildman–Crippen MR) is 125 cm³/mol. The summed E-state index contributed by atoms with van der Waals surface area (Å²) in [7, 11) is 1.22. The van der Waals surface area contributed by atoms with E-state index in [1.165, 1.54) is 14.0 Å². The maximum absolute atomic E-state index is 13.1. The number of carbonyl (C=O) groups excluding carboxylic acids is 3. The van der Waals surface area contributed by atoms with Gasteiger partial charge in [-0.25, -0.2) is 4.79 Å². The monoisotopic (exact) mass is 495 g/mol. The van der Waals surface area contributed by atoms with E-state index >= 15 is 0 Å². The molecule has 10 heteroatoms. The zero-order valence-corrected chi connectivity index (χ0v) is 20.5. The molecule has 0 aromatic heterocycles. The summed E-state index contributed by atoms with van der Waals surface area (Å²) in [6.45, 7) is 2.33. The van der Waals surface area contributed by atoms with Crippen molar-refractivity contribution >= 4 is 17.8 Å². The average Bonchev–Trinajstić information content (AvgIpc) is 2.84. The van der Waals surface area contributed by atoms with Gasteiger partial charge in [0.05, 0.1) is 32.8 Å². The van der Waals surface area contributed by atoms with Crippen LogP contribution in [-0.2, 0) is 35.0 Å². The lowest BCUT2D eigenvalue weighted by atomic mass is 9.74. The van der Waals surface area contributed by atoms with E-state index in [9.17, 15) is 29.7 Å². The summed E-state index contributed by atoms with van der Waals surface area (Å²) >= 11 is 0. The van der Waals surface area contributed by atoms with Crippen molar-refractivity contribution in [3.63, 3.8) is 0 Å². The Morgan fingerprint density at radius 1 is 1.23 bits per heavy atom. The summed E-state index contributed by atoms with van der Waals surface area (Å²) in [5, 5.41) is 33.1. The Hall–Kier alpha value is -2.53. The molecule has 1 amide bonds. The summed E-state index contributed by atoms with van der Waals surface area (Å²) in [6, 6.07) is 8.74. The van der Waals surface area contributed by atoms with E-state index in [1.807, 2.05) is 30.3 Å². The van der Waals surface area contributed by atoms with Crippen LogP contribution in [0, 0.1) is 5.92 Å². The summed E-state index contributed by atoms with van der Waals surface area (Å²) in [6.07, 6.45) is -3.30. The number of nitrogens with one attached hydrogen (secondary N) is 1. The molecule has 196 valence electrons. The van der Waals surface area contributed by atoms with E-state index < -0.39 is 60.3 Å². The number of benzene rings is 1. The fourth-order valence-electron chi connectivity index (χ4n) is 4.68. The number of aliphatic hydroxyl groups is 3. The second kappa shape index (κ2) is 13.5. The van der Waals surface area contributed by atoms with Gasteiger partial charge in [-0.05, 0) is 44.1 Å². The molecular weight excluding hydrogens is 458 g/mol. The van der Waals surface area contributed by atoms with Gasteiger partial charge in [0.15, 0.2) is 5.60 Å². The highest BCUT2D eigenvalue weighted by atomic mass is 16.6. The third-order valence-corrected chi connectivity index (χ3v) is 6.28. The van der Waals surface area contributed by atoms with Crippen molar-refractivity contribution in [2.45, 2.75) is 75.9 Å². The molecule has 4 N–H and O–H groups in total. The van der Waals surface area contributed by atoms with E-state index in [-0.39, 0.29) is 25.9 Å². The molecule has 1 aromatic carbocycles. The van der Waals surface area contributed by atoms with Gasteiger partial charge in [-0.1, -0.05) is 30.3 Å². The lowest BCUT2D eigenvalue weighted by molar-refractivity contribution is -0.226. The van der Waals surface area contributed by atoms with E-state index in [0.29, 0.717) is 12.8 Å². The Morgan fingerprint density at radius 2 is 1.91 bits per heavy atom. The fraction of sp³-hybridized carbons (Fsp3) is 0.640. The number of aryl methyl sites for hydroxylation is 1. The summed E-state index contributed by atoms with van der Waals surface area (Å²) in [5.41, 5.74) is -0.481. The number of methoxy groups -OCH3 is 1. The van der Waals surface area contributed by atoms with Crippen LogP contribution in [0.5, 0.6) is 0 Å². The van der Waals surface area contributed by atoms with Gasteiger partial charge < -0.3 is 34.8 Å². The summed E-state index contributed by atoms with van der Waals surface area (Å²) in [5.74, 6) is -2.34. The van der Waals surface area contributed by atoms with Gasteiger partial charge >= 0.3 is 11.9 Å². The molecule has 35 heavy (non-hydrogen) atoms. The van der Waals surface area contributed by atoms with E-state index in [4.69, 9.17) is 14.2 Å².